The van der Waals surface area contributed by atoms with Crippen LogP contribution in [0.1, 0.15) is 30.9 Å². The minimum atomic E-state index is -3.41. The molecular weight excluding hydrogens is 260 g/mol. The molecular formula is C14H22N2O2S. The standard InChI is InChI=1S/C14H22N2O2S/c1-4-16(9-12-5-6-12)19(17,18)13-7-10(2)11(3)14(15)8-13/h7-8,12H,4-6,9,15H2,1-3H3. The number of rotatable bonds is 5. The first-order valence-corrected chi connectivity index (χ1v) is 8.17. The summed E-state index contributed by atoms with van der Waals surface area (Å²) < 4.78 is 26.8. The average Bonchev–Trinajstić information content (AvgIpc) is 3.16. The fraction of sp³-hybridized carbons (Fsp3) is 0.571. The van der Waals surface area contributed by atoms with Gasteiger partial charge in [0.05, 0.1) is 4.90 Å². The van der Waals surface area contributed by atoms with Crippen LogP contribution in [-0.4, -0.2) is 25.8 Å². The molecule has 0 atom stereocenters. The maximum Gasteiger partial charge on any atom is 0.243 e. The summed E-state index contributed by atoms with van der Waals surface area (Å²) in [5.41, 5.74) is 8.30. The van der Waals surface area contributed by atoms with Crippen LogP contribution in [-0.2, 0) is 10.0 Å². The first kappa shape index (κ1) is 14.3. The molecule has 4 nitrogen and oxygen atoms in total. The molecule has 1 fully saturated rings. The summed E-state index contributed by atoms with van der Waals surface area (Å²) in [6, 6.07) is 3.30. The van der Waals surface area contributed by atoms with Gasteiger partial charge in [0.2, 0.25) is 10.0 Å². The molecule has 0 heterocycles. The Morgan fingerprint density at radius 2 is 1.95 bits per heavy atom. The van der Waals surface area contributed by atoms with Gasteiger partial charge in [-0.3, -0.25) is 0 Å². The molecule has 0 aliphatic heterocycles. The molecule has 19 heavy (non-hydrogen) atoms. The summed E-state index contributed by atoms with van der Waals surface area (Å²) >= 11 is 0. The van der Waals surface area contributed by atoms with Gasteiger partial charge < -0.3 is 5.73 Å². The van der Waals surface area contributed by atoms with E-state index in [1.807, 2.05) is 20.8 Å². The van der Waals surface area contributed by atoms with Crippen LogP contribution in [0.4, 0.5) is 5.69 Å². The van der Waals surface area contributed by atoms with Crippen molar-refractivity contribution in [3.8, 4) is 0 Å². The molecule has 1 aliphatic carbocycles. The molecule has 0 aromatic heterocycles. The van der Waals surface area contributed by atoms with Crippen LogP contribution in [0.15, 0.2) is 17.0 Å². The molecule has 0 radical (unpaired) electrons. The van der Waals surface area contributed by atoms with Crippen LogP contribution >= 0.6 is 0 Å². The zero-order valence-corrected chi connectivity index (χ0v) is 12.6. The number of hydrogen-bond acceptors (Lipinski definition) is 3. The summed E-state index contributed by atoms with van der Waals surface area (Å²) in [6.07, 6.45) is 2.28. The number of hydrogen-bond donors (Lipinski definition) is 1. The van der Waals surface area contributed by atoms with E-state index in [1.54, 1.807) is 16.4 Å². The van der Waals surface area contributed by atoms with Gasteiger partial charge in [-0.1, -0.05) is 6.92 Å². The number of anilines is 1. The maximum absolute atomic E-state index is 12.6. The van der Waals surface area contributed by atoms with E-state index in [-0.39, 0.29) is 0 Å². The Hall–Kier alpha value is -1.07. The smallest absolute Gasteiger partial charge is 0.243 e. The largest absolute Gasteiger partial charge is 0.398 e. The normalized spacial score (nSPS) is 16.0. The molecule has 1 aliphatic rings. The van der Waals surface area contributed by atoms with Crippen LogP contribution in [0.3, 0.4) is 0 Å². The van der Waals surface area contributed by atoms with Crippen molar-refractivity contribution in [2.24, 2.45) is 5.92 Å². The van der Waals surface area contributed by atoms with Crippen molar-refractivity contribution in [1.29, 1.82) is 0 Å². The third-order valence-electron chi connectivity index (χ3n) is 3.83. The highest BCUT2D eigenvalue weighted by molar-refractivity contribution is 7.89. The molecule has 5 heteroatoms. The fourth-order valence-corrected chi connectivity index (χ4v) is 3.78. The first-order valence-electron chi connectivity index (χ1n) is 6.73. The van der Waals surface area contributed by atoms with Crippen molar-refractivity contribution in [3.05, 3.63) is 23.3 Å². The van der Waals surface area contributed by atoms with Crippen LogP contribution < -0.4 is 5.73 Å². The molecule has 0 amide bonds. The van der Waals surface area contributed by atoms with E-state index in [9.17, 15) is 8.42 Å². The molecule has 0 spiro atoms. The molecule has 1 aromatic carbocycles. The lowest BCUT2D eigenvalue weighted by Gasteiger charge is -2.21. The second kappa shape index (κ2) is 5.13. The van der Waals surface area contributed by atoms with Crippen molar-refractivity contribution in [2.75, 3.05) is 18.8 Å². The van der Waals surface area contributed by atoms with E-state index < -0.39 is 10.0 Å². The Labute approximate surface area is 115 Å². The molecule has 0 bridgehead atoms. The van der Waals surface area contributed by atoms with Gasteiger partial charge in [0.15, 0.2) is 0 Å². The van der Waals surface area contributed by atoms with Crippen molar-refractivity contribution in [1.82, 2.24) is 4.31 Å². The minimum Gasteiger partial charge on any atom is -0.398 e. The number of benzene rings is 1. The second-order valence-electron chi connectivity index (χ2n) is 5.35. The summed E-state index contributed by atoms with van der Waals surface area (Å²) in [5.74, 6) is 0.540. The fourth-order valence-electron chi connectivity index (χ4n) is 2.14. The van der Waals surface area contributed by atoms with E-state index in [0.29, 0.717) is 29.6 Å². The zero-order chi connectivity index (χ0) is 14.2. The molecule has 2 N–H and O–H groups in total. The Balaban J connectivity index is 2.36. The van der Waals surface area contributed by atoms with E-state index in [1.165, 1.54) is 0 Å². The Morgan fingerprint density at radius 3 is 2.42 bits per heavy atom. The molecule has 0 unspecified atom stereocenters. The van der Waals surface area contributed by atoms with Crippen molar-refractivity contribution in [2.45, 2.75) is 38.5 Å². The number of nitrogens with zero attached hydrogens (tertiary/aromatic N) is 1. The Kier molecular flexibility index (Phi) is 3.87. The lowest BCUT2D eigenvalue weighted by Crippen LogP contribution is -2.32. The van der Waals surface area contributed by atoms with Crippen LogP contribution in [0, 0.1) is 19.8 Å². The van der Waals surface area contributed by atoms with Crippen LogP contribution in [0.5, 0.6) is 0 Å². The van der Waals surface area contributed by atoms with Gasteiger partial charge >= 0.3 is 0 Å². The third-order valence-corrected chi connectivity index (χ3v) is 5.75. The molecule has 106 valence electrons. The van der Waals surface area contributed by atoms with Gasteiger partial charge in [0, 0.05) is 18.8 Å². The SMILES string of the molecule is CCN(CC1CC1)S(=O)(=O)c1cc(C)c(C)c(N)c1. The number of sulfonamides is 1. The highest BCUT2D eigenvalue weighted by atomic mass is 32.2. The lowest BCUT2D eigenvalue weighted by molar-refractivity contribution is 0.412. The Morgan fingerprint density at radius 1 is 1.32 bits per heavy atom. The molecule has 0 saturated heterocycles. The number of nitrogens with two attached hydrogens (primary N) is 1. The zero-order valence-electron chi connectivity index (χ0n) is 11.8. The summed E-state index contributed by atoms with van der Waals surface area (Å²) in [4.78, 5) is 0.315. The van der Waals surface area contributed by atoms with E-state index >= 15 is 0 Å². The van der Waals surface area contributed by atoms with E-state index in [0.717, 1.165) is 24.0 Å². The van der Waals surface area contributed by atoms with Crippen LogP contribution in [0.25, 0.3) is 0 Å². The maximum atomic E-state index is 12.6. The average molecular weight is 282 g/mol. The van der Waals surface area contributed by atoms with E-state index in [2.05, 4.69) is 0 Å². The first-order chi connectivity index (χ1) is 8.86. The highest BCUT2D eigenvalue weighted by Gasteiger charge is 2.31. The second-order valence-corrected chi connectivity index (χ2v) is 7.29. The molecule has 2 rings (SSSR count). The quantitative estimate of drug-likeness (QED) is 0.843. The predicted molar refractivity (Wildman–Crippen MR) is 77.5 cm³/mol. The monoisotopic (exact) mass is 282 g/mol. The molecule has 1 aromatic rings. The number of aryl methyl sites for hydroxylation is 1. The number of nitrogen functional groups attached to an aromatic ring is 1. The van der Waals surface area contributed by atoms with Gasteiger partial charge in [0.1, 0.15) is 0 Å². The predicted octanol–water partition coefficient (Wildman–Crippen LogP) is 2.31. The van der Waals surface area contributed by atoms with Crippen molar-refractivity contribution in [3.63, 3.8) is 0 Å². The van der Waals surface area contributed by atoms with Gasteiger partial charge in [-0.15, -0.1) is 0 Å². The van der Waals surface area contributed by atoms with Crippen molar-refractivity contribution < 1.29 is 8.42 Å². The van der Waals surface area contributed by atoms with Gasteiger partial charge in [-0.2, -0.15) is 4.31 Å². The molecule has 1 saturated carbocycles. The summed E-state index contributed by atoms with van der Waals surface area (Å²) in [7, 11) is -3.41. The lowest BCUT2D eigenvalue weighted by atomic mass is 10.1. The van der Waals surface area contributed by atoms with Crippen LogP contribution in [0.2, 0.25) is 0 Å². The minimum absolute atomic E-state index is 0.315. The van der Waals surface area contributed by atoms with Gasteiger partial charge in [-0.25, -0.2) is 8.42 Å². The van der Waals surface area contributed by atoms with Crippen molar-refractivity contribution >= 4 is 15.7 Å². The van der Waals surface area contributed by atoms with Gasteiger partial charge in [0.25, 0.3) is 0 Å². The summed E-state index contributed by atoms with van der Waals surface area (Å²) in [6.45, 7) is 6.81. The topological polar surface area (TPSA) is 63.4 Å². The Bertz CT molecular complexity index is 554. The third kappa shape index (κ3) is 2.92. The van der Waals surface area contributed by atoms with E-state index in [4.69, 9.17) is 5.73 Å². The van der Waals surface area contributed by atoms with Gasteiger partial charge in [-0.05, 0) is 55.9 Å². The highest BCUT2D eigenvalue weighted by Crippen LogP contribution is 2.32. The summed E-state index contributed by atoms with van der Waals surface area (Å²) in [5, 5.41) is 0.